The van der Waals surface area contributed by atoms with Gasteiger partial charge in [-0.3, -0.25) is 0 Å². The molecule has 3 N–H and O–H groups in total. The molecule has 0 aromatic heterocycles. The van der Waals surface area contributed by atoms with Gasteiger partial charge in [0.05, 0.1) is 5.69 Å². The van der Waals surface area contributed by atoms with E-state index in [0.29, 0.717) is 10.7 Å². The summed E-state index contributed by atoms with van der Waals surface area (Å²) in [5.41, 5.74) is 4.53. The van der Waals surface area contributed by atoms with Crippen LogP contribution in [0.4, 0.5) is 10.5 Å². The second-order valence-electron chi connectivity index (χ2n) is 4.70. The molecule has 0 aliphatic heterocycles. The van der Waals surface area contributed by atoms with Gasteiger partial charge in [-0.1, -0.05) is 25.6 Å². The van der Waals surface area contributed by atoms with Crippen LogP contribution in [0.5, 0.6) is 0 Å². The van der Waals surface area contributed by atoms with Crippen LogP contribution in [0.1, 0.15) is 5.56 Å². The summed E-state index contributed by atoms with van der Waals surface area (Å²) >= 11 is 0. The zero-order chi connectivity index (χ0) is 13.1. The van der Waals surface area contributed by atoms with Crippen molar-refractivity contribution < 1.29 is 9.90 Å². The molecule has 0 saturated heterocycles. The standard InChI is InChI=1S/C12H16N2O2Si/c1-17(2,3)9-8-10-4-6-11(7-5-10)14(13)12(15)16/h4-7H,13H2,1-3H3,(H,15,16). The maximum absolute atomic E-state index is 10.6. The van der Waals surface area contributed by atoms with Crippen LogP contribution in [0.25, 0.3) is 0 Å². The Bertz CT molecular complexity index is 466. The van der Waals surface area contributed by atoms with Crippen LogP contribution in [0.2, 0.25) is 19.6 Å². The molecular weight excluding hydrogens is 232 g/mol. The van der Waals surface area contributed by atoms with Crippen molar-refractivity contribution in [3.05, 3.63) is 29.8 Å². The number of hydrogen-bond donors (Lipinski definition) is 2. The predicted molar refractivity (Wildman–Crippen MR) is 71.4 cm³/mol. The van der Waals surface area contributed by atoms with Crippen molar-refractivity contribution in [2.75, 3.05) is 5.01 Å². The average Bonchev–Trinajstić information content (AvgIpc) is 2.25. The number of amides is 1. The first kappa shape index (κ1) is 13.3. The second-order valence-corrected chi connectivity index (χ2v) is 9.45. The molecule has 5 heteroatoms. The number of hydrazine groups is 1. The first-order valence-corrected chi connectivity index (χ1v) is 8.70. The Balaban J connectivity index is 2.88. The summed E-state index contributed by atoms with van der Waals surface area (Å²) in [6, 6.07) is 6.82. The molecule has 0 bridgehead atoms. The molecular formula is C12H16N2O2Si. The van der Waals surface area contributed by atoms with Crippen molar-refractivity contribution in [2.24, 2.45) is 5.84 Å². The normalized spacial score (nSPS) is 10.4. The van der Waals surface area contributed by atoms with Gasteiger partial charge in [0, 0.05) is 5.56 Å². The summed E-state index contributed by atoms with van der Waals surface area (Å²) in [6.45, 7) is 6.50. The minimum Gasteiger partial charge on any atom is -0.464 e. The van der Waals surface area contributed by atoms with E-state index >= 15 is 0 Å². The Morgan fingerprint density at radius 3 is 2.24 bits per heavy atom. The van der Waals surface area contributed by atoms with Gasteiger partial charge in [-0.25, -0.2) is 15.6 Å². The zero-order valence-corrected chi connectivity index (χ0v) is 11.2. The number of carboxylic acid groups (broad SMARTS) is 1. The Morgan fingerprint density at radius 1 is 1.29 bits per heavy atom. The van der Waals surface area contributed by atoms with Crippen molar-refractivity contribution >= 4 is 19.9 Å². The fourth-order valence-electron chi connectivity index (χ4n) is 1.08. The summed E-state index contributed by atoms with van der Waals surface area (Å²) in [4.78, 5) is 10.6. The number of anilines is 1. The lowest BCUT2D eigenvalue weighted by Gasteiger charge is -2.11. The highest BCUT2D eigenvalue weighted by Crippen LogP contribution is 2.12. The van der Waals surface area contributed by atoms with Crippen LogP contribution in [-0.4, -0.2) is 19.3 Å². The van der Waals surface area contributed by atoms with Gasteiger partial charge in [-0.2, -0.15) is 0 Å². The monoisotopic (exact) mass is 248 g/mol. The number of hydrogen-bond acceptors (Lipinski definition) is 2. The first-order chi connectivity index (χ1) is 7.79. The summed E-state index contributed by atoms with van der Waals surface area (Å²) in [7, 11) is -1.38. The van der Waals surface area contributed by atoms with E-state index in [0.717, 1.165) is 5.56 Å². The van der Waals surface area contributed by atoms with Crippen LogP contribution < -0.4 is 10.9 Å². The maximum Gasteiger partial charge on any atom is 0.426 e. The molecule has 0 spiro atoms. The van der Waals surface area contributed by atoms with Gasteiger partial charge in [0.1, 0.15) is 8.07 Å². The van der Waals surface area contributed by atoms with E-state index in [1.165, 1.54) is 0 Å². The Hall–Kier alpha value is -1.77. The number of carbonyl (C=O) groups is 1. The zero-order valence-electron chi connectivity index (χ0n) is 10.2. The number of rotatable bonds is 1. The van der Waals surface area contributed by atoms with E-state index in [4.69, 9.17) is 10.9 Å². The Morgan fingerprint density at radius 2 is 1.82 bits per heavy atom. The number of benzene rings is 1. The number of nitrogens with two attached hydrogens (primary N) is 1. The Kier molecular flexibility index (Phi) is 3.94. The molecule has 0 atom stereocenters. The lowest BCUT2D eigenvalue weighted by atomic mass is 10.2. The molecule has 0 fully saturated rings. The van der Waals surface area contributed by atoms with Gasteiger partial charge in [0.15, 0.2) is 0 Å². The average molecular weight is 248 g/mol. The summed E-state index contributed by atoms with van der Waals surface area (Å²) in [5.74, 6) is 8.42. The molecule has 0 saturated carbocycles. The van der Waals surface area contributed by atoms with Crippen molar-refractivity contribution in [3.63, 3.8) is 0 Å². The quantitative estimate of drug-likeness (QED) is 0.263. The highest BCUT2D eigenvalue weighted by atomic mass is 28.3. The molecule has 1 aromatic rings. The topological polar surface area (TPSA) is 66.6 Å². The minimum atomic E-state index is -1.38. The molecule has 1 aromatic carbocycles. The summed E-state index contributed by atoms with van der Waals surface area (Å²) < 4.78 is 0. The Labute approximate surface area is 102 Å². The lowest BCUT2D eigenvalue weighted by Crippen LogP contribution is -2.35. The van der Waals surface area contributed by atoms with Crippen LogP contribution in [-0.2, 0) is 0 Å². The van der Waals surface area contributed by atoms with E-state index < -0.39 is 14.2 Å². The molecule has 0 radical (unpaired) electrons. The fourth-order valence-corrected chi connectivity index (χ4v) is 1.59. The van der Waals surface area contributed by atoms with E-state index in [1.807, 2.05) is 0 Å². The highest BCUT2D eigenvalue weighted by Gasteiger charge is 2.09. The smallest absolute Gasteiger partial charge is 0.426 e. The van der Waals surface area contributed by atoms with Gasteiger partial charge in [0.25, 0.3) is 0 Å². The minimum absolute atomic E-state index is 0.427. The molecule has 0 unspecified atom stereocenters. The van der Waals surface area contributed by atoms with Crippen LogP contribution in [0.15, 0.2) is 24.3 Å². The molecule has 17 heavy (non-hydrogen) atoms. The molecule has 0 aliphatic rings. The third kappa shape index (κ3) is 4.31. The molecule has 1 rings (SSSR count). The highest BCUT2D eigenvalue weighted by molar-refractivity contribution is 6.83. The maximum atomic E-state index is 10.6. The third-order valence-electron chi connectivity index (χ3n) is 1.93. The van der Waals surface area contributed by atoms with E-state index in [9.17, 15) is 4.79 Å². The molecule has 90 valence electrons. The van der Waals surface area contributed by atoms with E-state index in [2.05, 4.69) is 31.1 Å². The number of nitrogens with zero attached hydrogens (tertiary/aromatic N) is 1. The summed E-state index contributed by atoms with van der Waals surface area (Å²) in [5, 5.41) is 9.37. The van der Waals surface area contributed by atoms with E-state index in [-0.39, 0.29) is 0 Å². The molecule has 0 aliphatic carbocycles. The first-order valence-electron chi connectivity index (χ1n) is 5.20. The SMILES string of the molecule is C[Si](C)(C)C#Cc1ccc(N(N)C(=O)O)cc1. The van der Waals surface area contributed by atoms with Crippen LogP contribution >= 0.6 is 0 Å². The predicted octanol–water partition coefficient (Wildman–Crippen LogP) is 2.27. The second kappa shape index (κ2) is 5.04. The molecule has 0 heterocycles. The lowest BCUT2D eigenvalue weighted by molar-refractivity contribution is 0.202. The van der Waals surface area contributed by atoms with Gasteiger partial charge >= 0.3 is 6.09 Å². The van der Waals surface area contributed by atoms with Gasteiger partial charge < -0.3 is 5.11 Å². The summed E-state index contributed by atoms with van der Waals surface area (Å²) in [6.07, 6.45) is -1.19. The van der Waals surface area contributed by atoms with Gasteiger partial charge in [0.2, 0.25) is 0 Å². The molecule has 4 nitrogen and oxygen atoms in total. The van der Waals surface area contributed by atoms with Gasteiger partial charge in [-0.15, -0.1) is 5.54 Å². The fraction of sp³-hybridized carbons (Fsp3) is 0.250. The van der Waals surface area contributed by atoms with Crippen molar-refractivity contribution in [1.82, 2.24) is 0 Å². The van der Waals surface area contributed by atoms with Crippen LogP contribution in [0, 0.1) is 11.5 Å². The largest absolute Gasteiger partial charge is 0.464 e. The van der Waals surface area contributed by atoms with E-state index in [1.54, 1.807) is 24.3 Å². The van der Waals surface area contributed by atoms with Crippen molar-refractivity contribution in [3.8, 4) is 11.5 Å². The van der Waals surface area contributed by atoms with Crippen LogP contribution in [0.3, 0.4) is 0 Å². The molecule has 1 amide bonds. The van der Waals surface area contributed by atoms with Crippen molar-refractivity contribution in [2.45, 2.75) is 19.6 Å². The third-order valence-corrected chi connectivity index (χ3v) is 2.81. The van der Waals surface area contributed by atoms with Gasteiger partial charge in [-0.05, 0) is 24.3 Å². The van der Waals surface area contributed by atoms with Crippen molar-refractivity contribution in [1.29, 1.82) is 0 Å².